The molecule has 0 aromatic heterocycles. The van der Waals surface area contributed by atoms with E-state index >= 15 is 0 Å². The van der Waals surface area contributed by atoms with Gasteiger partial charge >= 0.3 is 0 Å². The topological polar surface area (TPSA) is 34.1 Å². The van der Waals surface area contributed by atoms with Crippen molar-refractivity contribution in [2.45, 2.75) is 10.8 Å². The second-order valence-electron chi connectivity index (χ2n) is 2.32. The van der Waals surface area contributed by atoms with Crippen molar-refractivity contribution in [1.29, 1.82) is 0 Å². The molecule has 72 valence electrons. The van der Waals surface area contributed by atoms with Crippen molar-refractivity contribution in [1.82, 2.24) is 0 Å². The second-order valence-corrected chi connectivity index (χ2v) is 5.57. The fourth-order valence-electron chi connectivity index (χ4n) is 0.805. The van der Waals surface area contributed by atoms with Gasteiger partial charge in [0.05, 0.1) is 4.90 Å². The molecule has 0 aliphatic rings. The van der Waals surface area contributed by atoms with Gasteiger partial charge in [-0.2, -0.15) is 0 Å². The summed E-state index contributed by atoms with van der Waals surface area (Å²) >= 11 is 11.3. The molecule has 0 spiro atoms. The summed E-state index contributed by atoms with van der Waals surface area (Å²) in [4.78, 5) is 0.00853. The number of rotatable bonds is 2. The van der Waals surface area contributed by atoms with Crippen LogP contribution in [0, 0.1) is 0 Å². The zero-order valence-corrected chi connectivity index (χ0v) is 9.38. The molecule has 0 N–H and O–H groups in total. The van der Waals surface area contributed by atoms with Crippen molar-refractivity contribution in [3.8, 4) is 0 Å². The molecule has 1 aromatic rings. The summed E-state index contributed by atoms with van der Waals surface area (Å²) in [5.41, 5.74) is 0.546. The summed E-state index contributed by atoms with van der Waals surface area (Å²) in [5, 5.41) is 0.430. The minimum atomic E-state index is -3.70. The zero-order valence-electron chi connectivity index (χ0n) is 6.30. The van der Waals surface area contributed by atoms with Crippen LogP contribution in [0.4, 0.5) is 0 Å². The van der Waals surface area contributed by atoms with Gasteiger partial charge in [-0.15, -0.1) is 11.6 Å². The van der Waals surface area contributed by atoms with Gasteiger partial charge in [0.25, 0.3) is 9.05 Å². The molecule has 0 unspecified atom stereocenters. The second kappa shape index (κ2) is 4.05. The van der Waals surface area contributed by atoms with Crippen molar-refractivity contribution < 1.29 is 8.42 Å². The van der Waals surface area contributed by atoms with E-state index in [0.29, 0.717) is 10.6 Å². The van der Waals surface area contributed by atoms with Gasteiger partial charge in [-0.3, -0.25) is 0 Å². The molecule has 0 heterocycles. The van der Waals surface area contributed by atoms with Crippen molar-refractivity contribution >= 4 is 42.9 Å². The van der Waals surface area contributed by atoms with Crippen LogP contribution in [-0.2, 0) is 14.9 Å². The third-order valence-electron chi connectivity index (χ3n) is 1.44. The summed E-state index contributed by atoms with van der Waals surface area (Å²) in [7, 11) is 1.43. The fraction of sp³-hybridized carbons (Fsp3) is 0.143. The van der Waals surface area contributed by atoms with E-state index in [4.69, 9.17) is 33.9 Å². The summed E-state index contributed by atoms with van der Waals surface area (Å²) in [6.07, 6.45) is 0. The van der Waals surface area contributed by atoms with Crippen molar-refractivity contribution in [2.24, 2.45) is 0 Å². The Morgan fingerprint density at radius 3 is 2.38 bits per heavy atom. The predicted molar refractivity (Wildman–Crippen MR) is 54.0 cm³/mol. The van der Waals surface area contributed by atoms with Gasteiger partial charge in [-0.05, 0) is 23.8 Å². The highest BCUT2D eigenvalue weighted by Gasteiger charge is 2.11. The lowest BCUT2D eigenvalue weighted by Gasteiger charge is -2.01. The maximum atomic E-state index is 10.9. The Hall–Kier alpha value is 0.0400. The van der Waals surface area contributed by atoms with Gasteiger partial charge in [0.2, 0.25) is 0 Å². The van der Waals surface area contributed by atoms with Crippen molar-refractivity contribution in [2.75, 3.05) is 0 Å². The first-order valence-electron chi connectivity index (χ1n) is 3.24. The number of halogens is 3. The van der Waals surface area contributed by atoms with Crippen LogP contribution >= 0.6 is 33.9 Å². The molecular weight excluding hydrogens is 255 g/mol. The third-order valence-corrected chi connectivity index (χ3v) is 3.45. The summed E-state index contributed by atoms with van der Waals surface area (Å²) in [5.74, 6) is 0.152. The number of hydrogen-bond donors (Lipinski definition) is 0. The Labute approximate surface area is 90.8 Å². The van der Waals surface area contributed by atoms with E-state index in [2.05, 4.69) is 0 Å². The summed E-state index contributed by atoms with van der Waals surface area (Å²) in [6.45, 7) is 0. The molecule has 0 bridgehead atoms. The average Bonchev–Trinajstić information content (AvgIpc) is 2.03. The Bertz CT molecular complexity index is 414. The monoisotopic (exact) mass is 258 g/mol. The standard InChI is InChI=1S/C7H5Cl3O2S/c8-4-5-3-6(13(10,11)12)1-2-7(5)9/h1-3H,4H2. The molecule has 0 amide bonds. The van der Waals surface area contributed by atoms with Crippen LogP contribution in [0.25, 0.3) is 0 Å². The Kier molecular flexibility index (Phi) is 3.46. The van der Waals surface area contributed by atoms with E-state index in [-0.39, 0.29) is 10.8 Å². The molecule has 2 nitrogen and oxygen atoms in total. The van der Waals surface area contributed by atoms with Gasteiger partial charge in [-0.1, -0.05) is 11.6 Å². The van der Waals surface area contributed by atoms with Crippen LogP contribution in [0.5, 0.6) is 0 Å². The first-order valence-corrected chi connectivity index (χ1v) is 6.46. The Morgan fingerprint density at radius 2 is 1.92 bits per heavy atom. The van der Waals surface area contributed by atoms with Gasteiger partial charge in [-0.25, -0.2) is 8.42 Å². The maximum absolute atomic E-state index is 10.9. The van der Waals surface area contributed by atoms with Gasteiger partial charge < -0.3 is 0 Å². The third kappa shape index (κ3) is 2.74. The van der Waals surface area contributed by atoms with Crippen LogP contribution < -0.4 is 0 Å². The highest BCUT2D eigenvalue weighted by molar-refractivity contribution is 8.13. The minimum absolute atomic E-state index is 0.00853. The van der Waals surface area contributed by atoms with Crippen LogP contribution in [0.1, 0.15) is 5.56 Å². The van der Waals surface area contributed by atoms with Gasteiger partial charge in [0, 0.05) is 21.6 Å². The van der Waals surface area contributed by atoms with E-state index in [1.807, 2.05) is 0 Å². The van der Waals surface area contributed by atoms with E-state index in [0.717, 1.165) is 0 Å². The Morgan fingerprint density at radius 1 is 1.31 bits per heavy atom. The van der Waals surface area contributed by atoms with Gasteiger partial charge in [0.15, 0.2) is 0 Å². The molecule has 0 aliphatic heterocycles. The normalized spacial score (nSPS) is 11.6. The molecule has 0 radical (unpaired) electrons. The SMILES string of the molecule is O=S(=O)(Cl)c1ccc(Cl)c(CCl)c1. The lowest BCUT2D eigenvalue weighted by molar-refractivity contribution is 0.609. The smallest absolute Gasteiger partial charge is 0.207 e. The van der Waals surface area contributed by atoms with Crippen LogP contribution in [0.3, 0.4) is 0 Å². The summed E-state index contributed by atoms with van der Waals surface area (Å²) in [6, 6.07) is 4.15. The number of alkyl halides is 1. The van der Waals surface area contributed by atoms with Crippen molar-refractivity contribution in [3.63, 3.8) is 0 Å². The van der Waals surface area contributed by atoms with Crippen LogP contribution in [0.15, 0.2) is 23.1 Å². The van der Waals surface area contributed by atoms with Crippen LogP contribution in [-0.4, -0.2) is 8.42 Å². The van der Waals surface area contributed by atoms with Crippen LogP contribution in [0.2, 0.25) is 5.02 Å². The lowest BCUT2D eigenvalue weighted by atomic mass is 10.2. The molecular formula is C7H5Cl3O2S. The van der Waals surface area contributed by atoms with E-state index in [9.17, 15) is 8.42 Å². The summed E-state index contributed by atoms with van der Waals surface area (Å²) < 4.78 is 21.8. The highest BCUT2D eigenvalue weighted by Crippen LogP contribution is 2.23. The largest absolute Gasteiger partial charge is 0.261 e. The Balaban J connectivity index is 3.30. The molecule has 1 aromatic carbocycles. The first kappa shape index (κ1) is 11.1. The predicted octanol–water partition coefficient (Wildman–Crippen LogP) is 3.01. The average molecular weight is 260 g/mol. The molecule has 13 heavy (non-hydrogen) atoms. The van der Waals surface area contributed by atoms with E-state index in [1.54, 1.807) is 0 Å². The molecule has 0 atom stereocenters. The quantitative estimate of drug-likeness (QED) is 0.604. The number of hydrogen-bond acceptors (Lipinski definition) is 2. The van der Waals surface area contributed by atoms with Gasteiger partial charge in [0.1, 0.15) is 0 Å². The molecule has 0 saturated carbocycles. The fourth-order valence-corrected chi connectivity index (χ4v) is 2.08. The van der Waals surface area contributed by atoms with E-state index in [1.165, 1.54) is 18.2 Å². The first-order chi connectivity index (χ1) is 5.95. The molecule has 6 heteroatoms. The molecule has 1 rings (SSSR count). The van der Waals surface area contributed by atoms with Crippen molar-refractivity contribution in [3.05, 3.63) is 28.8 Å². The maximum Gasteiger partial charge on any atom is 0.261 e. The zero-order chi connectivity index (χ0) is 10.1. The lowest BCUT2D eigenvalue weighted by Crippen LogP contribution is -1.92. The van der Waals surface area contributed by atoms with E-state index < -0.39 is 9.05 Å². The number of benzene rings is 1. The molecule has 0 fully saturated rings. The minimum Gasteiger partial charge on any atom is -0.207 e. The highest BCUT2D eigenvalue weighted by atomic mass is 35.7. The molecule has 0 aliphatic carbocycles. The molecule has 0 saturated heterocycles.